The summed E-state index contributed by atoms with van der Waals surface area (Å²) in [6, 6.07) is 19.0. The topological polar surface area (TPSA) is 13.6 Å². The fourth-order valence-corrected chi connectivity index (χ4v) is 5.60. The van der Waals surface area contributed by atoms with Gasteiger partial charge in [0, 0.05) is 25.9 Å². The predicted octanol–water partition coefficient (Wildman–Crippen LogP) is 6.71. The summed E-state index contributed by atoms with van der Waals surface area (Å²) in [6.07, 6.45) is 0. The zero-order valence-corrected chi connectivity index (χ0v) is 14.9. The van der Waals surface area contributed by atoms with Crippen LogP contribution in [0.2, 0.25) is 5.02 Å². The molecule has 25 heavy (non-hydrogen) atoms. The molecule has 0 saturated heterocycles. The van der Waals surface area contributed by atoms with Gasteiger partial charge in [-0.3, -0.25) is 0 Å². The molecule has 0 aliphatic carbocycles. The molecule has 120 valence electrons. The van der Waals surface area contributed by atoms with Gasteiger partial charge in [-0.2, -0.15) is 0 Å². The van der Waals surface area contributed by atoms with E-state index in [0.29, 0.717) is 0 Å². The Balaban J connectivity index is 2.02. The van der Waals surface area contributed by atoms with Gasteiger partial charge in [0.25, 0.3) is 0 Å². The van der Waals surface area contributed by atoms with Gasteiger partial charge < -0.3 is 9.14 Å². The number of thiophene rings is 1. The Morgan fingerprint density at radius 1 is 0.920 bits per heavy atom. The summed E-state index contributed by atoms with van der Waals surface area (Å²) in [5.41, 5.74) is 3.74. The molecular weight excluding hydrogens is 350 g/mol. The van der Waals surface area contributed by atoms with E-state index in [1.54, 1.807) is 7.11 Å². The summed E-state index contributed by atoms with van der Waals surface area (Å²) in [7, 11) is 1.74. The van der Waals surface area contributed by atoms with Gasteiger partial charge in [0.2, 0.25) is 0 Å². The standard InChI is InChI=1S/C21H12ClNOS/c1-24-16-9-8-14-19-18(16)12-4-2-3-5-15(12)23(19)20-13-7-6-11(22)10-17(13)25-21(14)20/h2-10H,1H3. The maximum atomic E-state index is 6.22. The first-order chi connectivity index (χ1) is 12.3. The lowest BCUT2D eigenvalue weighted by molar-refractivity contribution is 0.420. The van der Waals surface area contributed by atoms with Crippen LogP contribution in [0.1, 0.15) is 0 Å². The van der Waals surface area contributed by atoms with Gasteiger partial charge in [0.05, 0.1) is 33.7 Å². The van der Waals surface area contributed by atoms with Gasteiger partial charge in [-0.1, -0.05) is 29.8 Å². The Bertz CT molecular complexity index is 1440. The lowest BCUT2D eigenvalue weighted by atomic mass is 10.1. The van der Waals surface area contributed by atoms with Crippen molar-refractivity contribution in [3.8, 4) is 5.75 Å². The Morgan fingerprint density at radius 3 is 2.64 bits per heavy atom. The van der Waals surface area contributed by atoms with E-state index in [1.807, 2.05) is 17.4 Å². The van der Waals surface area contributed by atoms with Crippen molar-refractivity contribution in [2.45, 2.75) is 0 Å². The van der Waals surface area contributed by atoms with Gasteiger partial charge in [-0.15, -0.1) is 11.3 Å². The van der Waals surface area contributed by atoms with Crippen LogP contribution in [-0.2, 0) is 0 Å². The minimum atomic E-state index is 0.782. The quantitative estimate of drug-likeness (QED) is 0.317. The molecule has 0 bridgehead atoms. The SMILES string of the molecule is COc1ccc2c3sc4cc(Cl)ccc4c3n3c4ccccc4c1c23. The Labute approximate surface area is 152 Å². The highest BCUT2D eigenvalue weighted by molar-refractivity contribution is 7.26. The first-order valence-electron chi connectivity index (χ1n) is 8.11. The molecular formula is C21H12ClNOS. The molecule has 0 atom stereocenters. The third-order valence-electron chi connectivity index (χ3n) is 5.09. The smallest absolute Gasteiger partial charge is 0.128 e. The monoisotopic (exact) mass is 361 g/mol. The van der Waals surface area contributed by atoms with Crippen LogP contribution >= 0.6 is 22.9 Å². The molecule has 4 heteroatoms. The number of hydrogen-bond acceptors (Lipinski definition) is 2. The summed E-state index contributed by atoms with van der Waals surface area (Å²) >= 11 is 8.03. The van der Waals surface area contributed by atoms with Gasteiger partial charge in [-0.25, -0.2) is 0 Å². The second-order valence-electron chi connectivity index (χ2n) is 6.31. The van der Waals surface area contributed by atoms with Crippen LogP contribution in [0.4, 0.5) is 0 Å². The average molecular weight is 362 g/mol. The number of nitrogens with zero attached hydrogens (tertiary/aromatic N) is 1. The van der Waals surface area contributed by atoms with E-state index in [9.17, 15) is 0 Å². The molecule has 2 nitrogen and oxygen atoms in total. The fourth-order valence-electron chi connectivity index (χ4n) is 4.11. The zero-order chi connectivity index (χ0) is 16.7. The van der Waals surface area contributed by atoms with E-state index in [-0.39, 0.29) is 0 Å². The van der Waals surface area contributed by atoms with E-state index in [1.165, 1.54) is 47.5 Å². The van der Waals surface area contributed by atoms with Crippen LogP contribution in [0.3, 0.4) is 0 Å². The van der Waals surface area contributed by atoms with Crippen molar-refractivity contribution in [1.29, 1.82) is 0 Å². The third-order valence-corrected chi connectivity index (χ3v) is 6.50. The summed E-state index contributed by atoms with van der Waals surface area (Å²) in [5, 5.41) is 5.74. The molecule has 6 aromatic rings. The van der Waals surface area contributed by atoms with E-state index in [2.05, 4.69) is 52.9 Å². The van der Waals surface area contributed by atoms with Crippen molar-refractivity contribution in [1.82, 2.24) is 4.40 Å². The molecule has 3 aromatic heterocycles. The number of para-hydroxylation sites is 1. The summed E-state index contributed by atoms with van der Waals surface area (Å²) in [5.74, 6) is 0.927. The highest BCUT2D eigenvalue weighted by Crippen LogP contribution is 2.47. The number of ether oxygens (including phenoxy) is 1. The summed E-state index contributed by atoms with van der Waals surface area (Å²) in [4.78, 5) is 0. The van der Waals surface area contributed by atoms with Crippen LogP contribution in [-0.4, -0.2) is 11.5 Å². The summed E-state index contributed by atoms with van der Waals surface area (Å²) in [6.45, 7) is 0. The molecule has 0 fully saturated rings. The van der Waals surface area contributed by atoms with Crippen molar-refractivity contribution in [3.05, 3.63) is 59.6 Å². The second-order valence-corrected chi connectivity index (χ2v) is 7.80. The molecule has 3 aromatic carbocycles. The van der Waals surface area contributed by atoms with E-state index in [4.69, 9.17) is 16.3 Å². The maximum Gasteiger partial charge on any atom is 0.128 e. The van der Waals surface area contributed by atoms with Gasteiger partial charge in [0.1, 0.15) is 5.75 Å². The van der Waals surface area contributed by atoms with Crippen molar-refractivity contribution in [2.24, 2.45) is 0 Å². The zero-order valence-electron chi connectivity index (χ0n) is 13.3. The molecule has 0 radical (unpaired) electrons. The Morgan fingerprint density at radius 2 is 1.76 bits per heavy atom. The molecule has 0 N–H and O–H groups in total. The first-order valence-corrected chi connectivity index (χ1v) is 9.30. The van der Waals surface area contributed by atoms with Crippen molar-refractivity contribution in [2.75, 3.05) is 7.11 Å². The molecule has 0 aliphatic rings. The van der Waals surface area contributed by atoms with Crippen LogP contribution in [0.25, 0.3) is 47.5 Å². The lowest BCUT2D eigenvalue weighted by Crippen LogP contribution is -1.83. The number of methoxy groups -OCH3 is 1. The number of halogens is 1. The van der Waals surface area contributed by atoms with Crippen LogP contribution < -0.4 is 4.74 Å². The normalized spacial score (nSPS) is 12.4. The molecule has 6 rings (SSSR count). The fraction of sp³-hybridized carbons (Fsp3) is 0.0476. The van der Waals surface area contributed by atoms with Gasteiger partial charge in [0.15, 0.2) is 0 Å². The van der Waals surface area contributed by atoms with E-state index < -0.39 is 0 Å². The molecule has 0 amide bonds. The largest absolute Gasteiger partial charge is 0.496 e. The lowest BCUT2D eigenvalue weighted by Gasteiger charge is -2.02. The Hall–Kier alpha value is -2.49. The molecule has 0 unspecified atom stereocenters. The van der Waals surface area contributed by atoms with Crippen molar-refractivity contribution >= 4 is 70.4 Å². The van der Waals surface area contributed by atoms with Crippen LogP contribution in [0.5, 0.6) is 5.75 Å². The number of aromatic nitrogens is 1. The maximum absolute atomic E-state index is 6.22. The van der Waals surface area contributed by atoms with Gasteiger partial charge in [-0.05, 0) is 36.4 Å². The number of benzene rings is 3. The molecule has 0 aliphatic heterocycles. The van der Waals surface area contributed by atoms with Crippen molar-refractivity contribution in [3.63, 3.8) is 0 Å². The van der Waals surface area contributed by atoms with E-state index >= 15 is 0 Å². The molecule has 0 spiro atoms. The Kier molecular flexibility index (Phi) is 2.51. The molecule has 3 heterocycles. The van der Waals surface area contributed by atoms with Crippen molar-refractivity contribution < 1.29 is 4.74 Å². The van der Waals surface area contributed by atoms with Crippen LogP contribution in [0, 0.1) is 0 Å². The van der Waals surface area contributed by atoms with E-state index in [0.717, 1.165) is 10.8 Å². The minimum absolute atomic E-state index is 0.782. The third kappa shape index (κ3) is 1.56. The predicted molar refractivity (Wildman–Crippen MR) is 108 cm³/mol. The number of hydrogen-bond donors (Lipinski definition) is 0. The summed E-state index contributed by atoms with van der Waals surface area (Å²) < 4.78 is 10.6. The second kappa shape index (κ2) is 4.57. The number of rotatable bonds is 1. The first kappa shape index (κ1) is 13.8. The van der Waals surface area contributed by atoms with Crippen LogP contribution in [0.15, 0.2) is 54.6 Å². The number of fused-ring (bicyclic) bond motifs is 8. The highest BCUT2D eigenvalue weighted by atomic mass is 35.5. The highest BCUT2D eigenvalue weighted by Gasteiger charge is 2.22. The van der Waals surface area contributed by atoms with Gasteiger partial charge >= 0.3 is 0 Å². The molecule has 0 saturated carbocycles. The minimum Gasteiger partial charge on any atom is -0.496 e. The average Bonchev–Trinajstić information content (AvgIpc) is 3.25.